The number of aromatic nitrogens is 1. The molecule has 0 N–H and O–H groups in total. The van der Waals surface area contributed by atoms with Gasteiger partial charge in [0, 0.05) is 29.4 Å². The minimum Gasteiger partial charge on any atom is -0.497 e. The summed E-state index contributed by atoms with van der Waals surface area (Å²) in [6.45, 7) is 2.07. The molecule has 24 heavy (non-hydrogen) atoms. The number of rotatable bonds is 5. The fourth-order valence-electron chi connectivity index (χ4n) is 2.57. The SMILES string of the molecule is COc1ccc(-n2cc(C=Nc3ccccc3OC)cc2C)cc1. The number of nitrogens with zero attached hydrogens (tertiary/aromatic N) is 2. The van der Waals surface area contributed by atoms with Crippen molar-refractivity contribution < 1.29 is 9.47 Å². The molecular formula is C20H20N2O2. The molecule has 0 fully saturated rings. The van der Waals surface area contributed by atoms with E-state index in [1.807, 2.05) is 54.7 Å². The van der Waals surface area contributed by atoms with Crippen LogP contribution >= 0.6 is 0 Å². The Morgan fingerprint density at radius 1 is 0.958 bits per heavy atom. The van der Waals surface area contributed by atoms with Crippen LogP contribution in [-0.2, 0) is 0 Å². The van der Waals surface area contributed by atoms with Crippen LogP contribution in [0.5, 0.6) is 11.5 Å². The van der Waals surface area contributed by atoms with Gasteiger partial charge in [-0.3, -0.25) is 4.99 Å². The van der Waals surface area contributed by atoms with Crippen LogP contribution in [0.25, 0.3) is 5.69 Å². The zero-order valence-corrected chi connectivity index (χ0v) is 14.1. The molecule has 4 heteroatoms. The largest absolute Gasteiger partial charge is 0.497 e. The van der Waals surface area contributed by atoms with E-state index >= 15 is 0 Å². The number of methoxy groups -OCH3 is 2. The van der Waals surface area contributed by atoms with E-state index in [0.717, 1.165) is 34.1 Å². The molecular weight excluding hydrogens is 300 g/mol. The highest BCUT2D eigenvalue weighted by molar-refractivity contribution is 5.83. The molecule has 0 atom stereocenters. The van der Waals surface area contributed by atoms with Gasteiger partial charge in [0.15, 0.2) is 0 Å². The number of ether oxygens (including phenoxy) is 2. The average Bonchev–Trinajstić information content (AvgIpc) is 3.01. The Morgan fingerprint density at radius 3 is 2.42 bits per heavy atom. The van der Waals surface area contributed by atoms with Crippen LogP contribution in [0.2, 0.25) is 0 Å². The molecule has 2 aromatic carbocycles. The molecule has 1 aromatic heterocycles. The molecule has 3 aromatic rings. The van der Waals surface area contributed by atoms with Crippen LogP contribution in [-0.4, -0.2) is 25.0 Å². The summed E-state index contributed by atoms with van der Waals surface area (Å²) >= 11 is 0. The fourth-order valence-corrected chi connectivity index (χ4v) is 2.57. The van der Waals surface area contributed by atoms with Gasteiger partial charge in [0.05, 0.1) is 14.2 Å². The van der Waals surface area contributed by atoms with E-state index in [4.69, 9.17) is 9.47 Å². The third-order valence-electron chi connectivity index (χ3n) is 3.82. The Morgan fingerprint density at radius 2 is 1.71 bits per heavy atom. The van der Waals surface area contributed by atoms with Gasteiger partial charge in [-0.1, -0.05) is 12.1 Å². The van der Waals surface area contributed by atoms with Crippen molar-refractivity contribution in [1.29, 1.82) is 0 Å². The second-order valence-corrected chi connectivity index (χ2v) is 5.41. The van der Waals surface area contributed by atoms with Gasteiger partial charge in [0.2, 0.25) is 0 Å². The maximum absolute atomic E-state index is 5.32. The van der Waals surface area contributed by atoms with Gasteiger partial charge in [-0.2, -0.15) is 0 Å². The number of para-hydroxylation sites is 2. The second-order valence-electron chi connectivity index (χ2n) is 5.41. The van der Waals surface area contributed by atoms with Gasteiger partial charge in [-0.25, -0.2) is 0 Å². The molecule has 0 unspecified atom stereocenters. The smallest absolute Gasteiger partial charge is 0.144 e. The Hall–Kier alpha value is -3.01. The molecule has 0 radical (unpaired) electrons. The van der Waals surface area contributed by atoms with Gasteiger partial charge in [0.1, 0.15) is 17.2 Å². The van der Waals surface area contributed by atoms with Crippen molar-refractivity contribution >= 4 is 11.9 Å². The molecule has 0 amide bonds. The average molecular weight is 320 g/mol. The van der Waals surface area contributed by atoms with Crippen molar-refractivity contribution in [2.75, 3.05) is 14.2 Å². The molecule has 122 valence electrons. The van der Waals surface area contributed by atoms with E-state index in [9.17, 15) is 0 Å². The maximum Gasteiger partial charge on any atom is 0.144 e. The van der Waals surface area contributed by atoms with Crippen molar-refractivity contribution in [3.8, 4) is 17.2 Å². The van der Waals surface area contributed by atoms with Gasteiger partial charge in [-0.05, 0) is 49.4 Å². The Kier molecular flexibility index (Phi) is 4.66. The first-order chi connectivity index (χ1) is 11.7. The van der Waals surface area contributed by atoms with E-state index in [-0.39, 0.29) is 0 Å². The predicted octanol–water partition coefficient (Wildman–Crippen LogP) is 4.55. The first-order valence-electron chi connectivity index (χ1n) is 7.72. The lowest BCUT2D eigenvalue weighted by Gasteiger charge is -2.06. The predicted molar refractivity (Wildman–Crippen MR) is 97.3 cm³/mol. The number of aryl methyl sites for hydroxylation is 1. The van der Waals surface area contributed by atoms with Gasteiger partial charge in [-0.15, -0.1) is 0 Å². The Balaban J connectivity index is 1.87. The molecule has 0 bridgehead atoms. The van der Waals surface area contributed by atoms with E-state index in [2.05, 4.69) is 28.7 Å². The third-order valence-corrected chi connectivity index (χ3v) is 3.82. The van der Waals surface area contributed by atoms with Gasteiger partial charge in [0.25, 0.3) is 0 Å². The molecule has 0 saturated carbocycles. The fraction of sp³-hybridized carbons (Fsp3) is 0.150. The van der Waals surface area contributed by atoms with Crippen LogP contribution in [0.4, 0.5) is 5.69 Å². The molecule has 3 rings (SSSR count). The van der Waals surface area contributed by atoms with Crippen LogP contribution < -0.4 is 9.47 Å². The number of hydrogen-bond acceptors (Lipinski definition) is 3. The lowest BCUT2D eigenvalue weighted by Crippen LogP contribution is -1.94. The molecule has 0 aliphatic heterocycles. The number of hydrogen-bond donors (Lipinski definition) is 0. The minimum atomic E-state index is 0.764. The summed E-state index contributed by atoms with van der Waals surface area (Å²) in [6, 6.07) is 17.8. The van der Waals surface area contributed by atoms with E-state index in [1.165, 1.54) is 0 Å². The van der Waals surface area contributed by atoms with Crippen molar-refractivity contribution in [2.24, 2.45) is 4.99 Å². The van der Waals surface area contributed by atoms with Crippen molar-refractivity contribution in [3.63, 3.8) is 0 Å². The monoisotopic (exact) mass is 320 g/mol. The standard InChI is InChI=1S/C20H20N2O2/c1-15-12-16(13-21-19-6-4-5-7-20(19)24-3)14-22(15)17-8-10-18(23-2)11-9-17/h4-14H,1-3H3. The summed E-state index contributed by atoms with van der Waals surface area (Å²) in [5.41, 5.74) is 4.08. The Bertz CT molecular complexity index is 848. The summed E-state index contributed by atoms with van der Waals surface area (Å²) in [5, 5.41) is 0. The highest BCUT2D eigenvalue weighted by Crippen LogP contribution is 2.26. The molecule has 0 spiro atoms. The second kappa shape index (κ2) is 7.04. The minimum absolute atomic E-state index is 0.764. The zero-order valence-electron chi connectivity index (χ0n) is 14.1. The van der Waals surface area contributed by atoms with Gasteiger partial charge >= 0.3 is 0 Å². The summed E-state index contributed by atoms with van der Waals surface area (Å²) in [6.07, 6.45) is 3.92. The molecule has 4 nitrogen and oxygen atoms in total. The number of aliphatic imine (C=N–C) groups is 1. The first-order valence-corrected chi connectivity index (χ1v) is 7.72. The van der Waals surface area contributed by atoms with Gasteiger partial charge < -0.3 is 14.0 Å². The van der Waals surface area contributed by atoms with Crippen LogP contribution in [0, 0.1) is 6.92 Å². The molecule has 0 aliphatic rings. The summed E-state index contributed by atoms with van der Waals surface area (Å²) in [4.78, 5) is 4.54. The van der Waals surface area contributed by atoms with E-state index < -0.39 is 0 Å². The topological polar surface area (TPSA) is 35.8 Å². The zero-order chi connectivity index (χ0) is 16.9. The molecule has 0 saturated heterocycles. The van der Waals surface area contributed by atoms with Crippen LogP contribution in [0.15, 0.2) is 65.8 Å². The maximum atomic E-state index is 5.32. The Labute approximate surface area is 142 Å². The van der Waals surface area contributed by atoms with E-state index in [0.29, 0.717) is 0 Å². The van der Waals surface area contributed by atoms with Crippen LogP contribution in [0.3, 0.4) is 0 Å². The molecule has 1 heterocycles. The quantitative estimate of drug-likeness (QED) is 0.646. The van der Waals surface area contributed by atoms with E-state index in [1.54, 1.807) is 14.2 Å². The lowest BCUT2D eigenvalue weighted by atomic mass is 10.3. The van der Waals surface area contributed by atoms with Crippen molar-refractivity contribution in [2.45, 2.75) is 6.92 Å². The number of benzene rings is 2. The summed E-state index contributed by atoms with van der Waals surface area (Å²) in [7, 11) is 3.32. The first kappa shape index (κ1) is 15.9. The summed E-state index contributed by atoms with van der Waals surface area (Å²) < 4.78 is 12.7. The normalized spacial score (nSPS) is 11.0. The van der Waals surface area contributed by atoms with Crippen molar-refractivity contribution in [1.82, 2.24) is 4.57 Å². The molecule has 0 aliphatic carbocycles. The third kappa shape index (κ3) is 3.33. The lowest BCUT2D eigenvalue weighted by molar-refractivity contribution is 0.414. The highest BCUT2D eigenvalue weighted by atomic mass is 16.5. The summed E-state index contributed by atoms with van der Waals surface area (Å²) in [5.74, 6) is 1.61. The van der Waals surface area contributed by atoms with Crippen molar-refractivity contribution in [3.05, 3.63) is 72.1 Å². The highest BCUT2D eigenvalue weighted by Gasteiger charge is 2.04. The van der Waals surface area contributed by atoms with Crippen LogP contribution in [0.1, 0.15) is 11.3 Å².